The fourth-order valence-electron chi connectivity index (χ4n) is 1.11. The van der Waals surface area contributed by atoms with Gasteiger partial charge in [0.1, 0.15) is 6.10 Å². The molecule has 0 amide bonds. The van der Waals surface area contributed by atoms with E-state index in [4.69, 9.17) is 9.84 Å². The Kier molecular flexibility index (Phi) is 2.27. The maximum absolute atomic E-state index is 10.7. The van der Waals surface area contributed by atoms with Crippen molar-refractivity contribution in [2.45, 2.75) is 38.4 Å². The first-order chi connectivity index (χ1) is 4.72. The number of aliphatic hydroxyl groups is 1. The van der Waals surface area contributed by atoms with Gasteiger partial charge in [0.2, 0.25) is 0 Å². The molecule has 2 atom stereocenters. The third kappa shape index (κ3) is 1.70. The van der Waals surface area contributed by atoms with E-state index in [9.17, 15) is 4.79 Å². The van der Waals surface area contributed by atoms with Crippen LogP contribution in [0, 0.1) is 0 Å². The number of aliphatic hydroxyl groups excluding tert-OH is 1. The first kappa shape index (κ1) is 7.54. The molecule has 10 heavy (non-hydrogen) atoms. The van der Waals surface area contributed by atoms with Crippen molar-refractivity contribution in [2.75, 3.05) is 0 Å². The van der Waals surface area contributed by atoms with E-state index in [1.807, 2.05) is 6.92 Å². The minimum Gasteiger partial charge on any atom is -0.462 e. The summed E-state index contributed by atoms with van der Waals surface area (Å²) in [4.78, 5) is 10.7. The lowest BCUT2D eigenvalue weighted by atomic mass is 10.0. The molecule has 0 aromatic heterocycles. The number of carbonyl (C=O) groups excluding carboxylic acids is 1. The van der Waals surface area contributed by atoms with Crippen LogP contribution in [0.2, 0.25) is 0 Å². The van der Waals surface area contributed by atoms with Crippen LogP contribution in [0.4, 0.5) is 0 Å². The average molecular weight is 144 g/mol. The lowest BCUT2D eigenvalue weighted by Gasteiger charge is -2.24. The number of hydrogen-bond acceptors (Lipinski definition) is 3. The fraction of sp³-hybridized carbons (Fsp3) is 0.857. The molecule has 3 nitrogen and oxygen atoms in total. The minimum absolute atomic E-state index is 0.0590. The maximum atomic E-state index is 10.7. The summed E-state index contributed by atoms with van der Waals surface area (Å²) in [5.41, 5.74) is 0. The highest BCUT2D eigenvalue weighted by atomic mass is 16.5. The highest BCUT2D eigenvalue weighted by Gasteiger charge is 2.25. The Morgan fingerprint density at radius 3 is 3.00 bits per heavy atom. The Labute approximate surface area is 60.0 Å². The number of cyclic esters (lactones) is 1. The molecule has 0 bridgehead atoms. The summed E-state index contributed by atoms with van der Waals surface area (Å²) in [6, 6.07) is 0. The van der Waals surface area contributed by atoms with Crippen LogP contribution >= 0.6 is 0 Å². The summed E-state index contributed by atoms with van der Waals surface area (Å²) < 4.78 is 4.91. The van der Waals surface area contributed by atoms with Crippen LogP contribution < -0.4 is 0 Å². The SMILES string of the molecule is CC[C@@H]1C[C@@H](O)CC(=O)O1. The van der Waals surface area contributed by atoms with Crippen molar-refractivity contribution in [2.24, 2.45) is 0 Å². The van der Waals surface area contributed by atoms with Gasteiger partial charge in [-0.15, -0.1) is 0 Å². The van der Waals surface area contributed by atoms with E-state index in [1.165, 1.54) is 0 Å². The van der Waals surface area contributed by atoms with Crippen LogP contribution in [0.15, 0.2) is 0 Å². The van der Waals surface area contributed by atoms with Gasteiger partial charge in [-0.3, -0.25) is 4.79 Å². The molecule has 0 aliphatic carbocycles. The average Bonchev–Trinajstić information content (AvgIpc) is 1.85. The largest absolute Gasteiger partial charge is 0.462 e. The van der Waals surface area contributed by atoms with E-state index >= 15 is 0 Å². The van der Waals surface area contributed by atoms with Crippen LogP contribution in [0.1, 0.15) is 26.2 Å². The predicted molar refractivity (Wildman–Crippen MR) is 35.4 cm³/mol. The van der Waals surface area contributed by atoms with E-state index in [-0.39, 0.29) is 18.5 Å². The van der Waals surface area contributed by atoms with E-state index in [0.717, 1.165) is 6.42 Å². The third-order valence-electron chi connectivity index (χ3n) is 1.69. The van der Waals surface area contributed by atoms with Gasteiger partial charge >= 0.3 is 5.97 Å². The van der Waals surface area contributed by atoms with Crippen LogP contribution in [-0.2, 0) is 9.53 Å². The van der Waals surface area contributed by atoms with Gasteiger partial charge in [0.05, 0.1) is 12.5 Å². The zero-order valence-corrected chi connectivity index (χ0v) is 6.04. The Morgan fingerprint density at radius 2 is 2.50 bits per heavy atom. The summed E-state index contributed by atoms with van der Waals surface area (Å²) in [5.74, 6) is -0.273. The van der Waals surface area contributed by atoms with E-state index in [0.29, 0.717) is 6.42 Å². The van der Waals surface area contributed by atoms with Crippen LogP contribution in [0.25, 0.3) is 0 Å². The molecule has 0 unspecified atom stereocenters. The highest BCUT2D eigenvalue weighted by molar-refractivity contribution is 5.70. The van der Waals surface area contributed by atoms with Crippen LogP contribution in [0.3, 0.4) is 0 Å². The summed E-state index contributed by atoms with van der Waals surface area (Å²) in [6.45, 7) is 1.94. The number of hydrogen-bond donors (Lipinski definition) is 1. The van der Waals surface area contributed by atoms with Gasteiger partial charge < -0.3 is 9.84 Å². The van der Waals surface area contributed by atoms with Gasteiger partial charge in [0, 0.05) is 6.42 Å². The van der Waals surface area contributed by atoms with Crippen LogP contribution in [0.5, 0.6) is 0 Å². The van der Waals surface area contributed by atoms with Crippen molar-refractivity contribution in [1.29, 1.82) is 0 Å². The maximum Gasteiger partial charge on any atom is 0.308 e. The number of carbonyl (C=O) groups is 1. The molecule has 1 aliphatic rings. The van der Waals surface area contributed by atoms with E-state index < -0.39 is 6.10 Å². The van der Waals surface area contributed by atoms with Crippen molar-refractivity contribution < 1.29 is 14.6 Å². The quantitative estimate of drug-likeness (QED) is 0.544. The zero-order chi connectivity index (χ0) is 7.56. The first-order valence-corrected chi connectivity index (χ1v) is 3.60. The summed E-state index contributed by atoms with van der Waals surface area (Å²) >= 11 is 0. The smallest absolute Gasteiger partial charge is 0.308 e. The first-order valence-electron chi connectivity index (χ1n) is 3.60. The van der Waals surface area contributed by atoms with Gasteiger partial charge in [-0.05, 0) is 6.42 Å². The topological polar surface area (TPSA) is 46.5 Å². The Bertz CT molecular complexity index is 133. The molecule has 1 aliphatic heterocycles. The second-order valence-corrected chi connectivity index (χ2v) is 2.61. The minimum atomic E-state index is -0.480. The fourth-order valence-corrected chi connectivity index (χ4v) is 1.11. The normalized spacial score (nSPS) is 33.6. The molecule has 0 radical (unpaired) electrons. The van der Waals surface area contributed by atoms with E-state index in [2.05, 4.69) is 0 Å². The highest BCUT2D eigenvalue weighted by Crippen LogP contribution is 2.16. The third-order valence-corrected chi connectivity index (χ3v) is 1.69. The molecular formula is C7H12O3. The molecule has 1 rings (SSSR count). The van der Waals surface area contributed by atoms with Gasteiger partial charge in [-0.1, -0.05) is 6.92 Å². The van der Waals surface area contributed by atoms with Gasteiger partial charge in [0.15, 0.2) is 0 Å². The van der Waals surface area contributed by atoms with Crippen molar-refractivity contribution in [3.8, 4) is 0 Å². The lowest BCUT2D eigenvalue weighted by molar-refractivity contribution is -0.160. The van der Waals surface area contributed by atoms with Crippen molar-refractivity contribution in [3.05, 3.63) is 0 Å². The second kappa shape index (κ2) is 3.01. The molecular weight excluding hydrogens is 132 g/mol. The molecule has 0 spiro atoms. The zero-order valence-electron chi connectivity index (χ0n) is 6.04. The van der Waals surface area contributed by atoms with Crippen LogP contribution in [-0.4, -0.2) is 23.3 Å². The number of ether oxygens (including phenoxy) is 1. The van der Waals surface area contributed by atoms with Gasteiger partial charge in [-0.2, -0.15) is 0 Å². The summed E-state index contributed by atoms with van der Waals surface area (Å²) in [5, 5.41) is 9.08. The molecule has 1 heterocycles. The van der Waals surface area contributed by atoms with Crippen molar-refractivity contribution in [1.82, 2.24) is 0 Å². The molecule has 3 heteroatoms. The molecule has 0 saturated carbocycles. The van der Waals surface area contributed by atoms with Crippen molar-refractivity contribution >= 4 is 5.97 Å². The molecule has 1 saturated heterocycles. The summed E-state index contributed by atoms with van der Waals surface area (Å²) in [6.07, 6.45) is 1.02. The van der Waals surface area contributed by atoms with E-state index in [1.54, 1.807) is 0 Å². The summed E-state index contributed by atoms with van der Waals surface area (Å²) in [7, 11) is 0. The predicted octanol–water partition coefficient (Wildman–Crippen LogP) is 0.463. The number of esters is 1. The standard InChI is InChI=1S/C7H12O3/c1-2-6-3-5(8)4-7(9)10-6/h5-6,8H,2-4H2,1H3/t5-,6-/m1/s1. The number of rotatable bonds is 1. The Hall–Kier alpha value is -0.570. The molecule has 1 N–H and O–H groups in total. The molecule has 0 aromatic carbocycles. The van der Waals surface area contributed by atoms with Crippen molar-refractivity contribution in [3.63, 3.8) is 0 Å². The molecule has 1 fully saturated rings. The van der Waals surface area contributed by atoms with Gasteiger partial charge in [0.25, 0.3) is 0 Å². The lowest BCUT2D eigenvalue weighted by Crippen LogP contribution is -2.31. The molecule has 0 aromatic rings. The monoisotopic (exact) mass is 144 g/mol. The second-order valence-electron chi connectivity index (χ2n) is 2.61. The Morgan fingerprint density at radius 1 is 1.80 bits per heavy atom. The molecule has 58 valence electrons. The Balaban J connectivity index is 2.42. The van der Waals surface area contributed by atoms with Gasteiger partial charge in [-0.25, -0.2) is 0 Å².